The van der Waals surface area contributed by atoms with Crippen LogP contribution in [-0.2, 0) is 35.2 Å². The summed E-state index contributed by atoms with van der Waals surface area (Å²) in [4.78, 5) is 82.0. The maximum absolute atomic E-state index is 14.3. The summed E-state index contributed by atoms with van der Waals surface area (Å²) in [5.41, 5.74) is 0. The van der Waals surface area contributed by atoms with Gasteiger partial charge in [0, 0.05) is 25.4 Å². The number of likely N-dealkylation sites (tertiary alicyclic amines) is 1. The Morgan fingerprint density at radius 2 is 1.61 bits per heavy atom. The molecule has 0 spiro atoms. The van der Waals surface area contributed by atoms with E-state index in [0.717, 1.165) is 19.3 Å². The third kappa shape index (κ3) is 10.8. The van der Waals surface area contributed by atoms with Crippen molar-refractivity contribution in [3.63, 3.8) is 0 Å². The summed E-state index contributed by atoms with van der Waals surface area (Å²) in [6, 6.07) is -3.82. The van der Waals surface area contributed by atoms with Crippen LogP contribution >= 0.6 is 0 Å². The Bertz CT molecular complexity index is 1290. The second kappa shape index (κ2) is 18.7. The Morgan fingerprint density at radius 1 is 0.898 bits per heavy atom. The summed E-state index contributed by atoms with van der Waals surface area (Å²) in [6.07, 6.45) is 6.16. The van der Waals surface area contributed by atoms with E-state index in [1.807, 2.05) is 48.5 Å². The average molecular weight is 688 g/mol. The van der Waals surface area contributed by atoms with Gasteiger partial charge in [-0.1, -0.05) is 59.6 Å². The van der Waals surface area contributed by atoms with E-state index in [4.69, 9.17) is 0 Å². The van der Waals surface area contributed by atoms with E-state index in [0.29, 0.717) is 50.9 Å². The molecule has 1 aliphatic heterocycles. The maximum atomic E-state index is 14.3. The first kappa shape index (κ1) is 39.5. The predicted molar refractivity (Wildman–Crippen MR) is 181 cm³/mol. The molecule has 15 heteroatoms. The van der Waals surface area contributed by atoms with Crippen LogP contribution < -0.4 is 21.3 Å². The largest absolute Gasteiger partial charge is 0.347 e. The van der Waals surface area contributed by atoms with Crippen molar-refractivity contribution >= 4 is 35.3 Å². The number of aromatic amines is 1. The second-order valence-corrected chi connectivity index (χ2v) is 14.3. The molecule has 0 bridgehead atoms. The highest BCUT2D eigenvalue weighted by Gasteiger charge is 2.51. The van der Waals surface area contributed by atoms with Crippen LogP contribution in [0.25, 0.3) is 0 Å². The van der Waals surface area contributed by atoms with E-state index in [1.54, 1.807) is 4.90 Å². The van der Waals surface area contributed by atoms with Gasteiger partial charge >= 0.3 is 0 Å². The number of nitrogens with zero attached hydrogens (tertiary/aromatic N) is 4. The molecule has 274 valence electrons. The number of rotatable bonds is 19. The van der Waals surface area contributed by atoms with E-state index in [1.165, 1.54) is 0 Å². The number of aromatic nitrogens is 4. The molecule has 1 aliphatic carbocycles. The molecular weight excluding hydrogens is 630 g/mol. The number of carbonyl (C=O) groups excluding carboxylic acids is 6. The minimum Gasteiger partial charge on any atom is -0.347 e. The fourth-order valence-corrected chi connectivity index (χ4v) is 6.81. The van der Waals surface area contributed by atoms with Gasteiger partial charge in [-0.05, 0) is 69.1 Å². The molecule has 0 radical (unpaired) electrons. The molecule has 1 saturated carbocycles. The number of Topliss-reactive ketones (excluding diaryl/α,β-unsaturated/α-hetero) is 1. The van der Waals surface area contributed by atoms with Crippen LogP contribution in [0.5, 0.6) is 0 Å². The Balaban J connectivity index is 1.71. The number of H-pyrrole nitrogens is 1. The predicted octanol–water partition coefficient (Wildman–Crippen LogP) is 1.59. The lowest BCUT2D eigenvalue weighted by Crippen LogP contribution is -2.60. The van der Waals surface area contributed by atoms with Crippen molar-refractivity contribution in [1.29, 1.82) is 0 Å². The molecule has 5 N–H and O–H groups in total. The van der Waals surface area contributed by atoms with Crippen LogP contribution in [0, 0.1) is 23.7 Å². The monoisotopic (exact) mass is 687 g/mol. The Kier molecular flexibility index (Phi) is 15.1. The lowest BCUT2D eigenvalue weighted by atomic mass is 9.92. The number of fused-ring (bicyclic) bond motifs is 1. The van der Waals surface area contributed by atoms with E-state index in [2.05, 4.69) is 41.9 Å². The van der Waals surface area contributed by atoms with Gasteiger partial charge in [-0.25, -0.2) is 0 Å². The molecule has 7 atom stereocenters. The zero-order valence-electron chi connectivity index (χ0n) is 30.2. The highest BCUT2D eigenvalue weighted by Crippen LogP contribution is 2.42. The second-order valence-electron chi connectivity index (χ2n) is 14.3. The summed E-state index contributed by atoms with van der Waals surface area (Å²) in [7, 11) is 0. The van der Waals surface area contributed by atoms with Crippen LogP contribution in [0.3, 0.4) is 0 Å². The van der Waals surface area contributed by atoms with Crippen LogP contribution in [0.2, 0.25) is 0 Å². The van der Waals surface area contributed by atoms with E-state index < -0.39 is 47.7 Å². The number of aryl methyl sites for hydroxylation is 1. The zero-order valence-corrected chi connectivity index (χ0v) is 30.2. The number of carbonyl (C=O) groups is 6. The van der Waals surface area contributed by atoms with Gasteiger partial charge in [-0.3, -0.25) is 28.8 Å². The third-order valence-corrected chi connectivity index (χ3v) is 9.81. The number of ketones is 1. The average Bonchev–Trinajstić information content (AvgIpc) is 3.81. The molecule has 1 aromatic rings. The minimum atomic E-state index is -1.01. The van der Waals surface area contributed by atoms with Gasteiger partial charge in [0.25, 0.3) is 5.91 Å². The lowest BCUT2D eigenvalue weighted by molar-refractivity contribution is -0.145. The first-order valence-corrected chi connectivity index (χ1v) is 18.1. The normalized spacial score (nSPS) is 21.1. The molecule has 1 aromatic heterocycles. The molecule has 0 aromatic carbocycles. The van der Waals surface area contributed by atoms with Crippen molar-refractivity contribution in [2.75, 3.05) is 6.54 Å². The summed E-state index contributed by atoms with van der Waals surface area (Å²) < 4.78 is 0. The quantitative estimate of drug-likeness (QED) is 0.106. The van der Waals surface area contributed by atoms with Gasteiger partial charge in [-0.15, -0.1) is 10.2 Å². The topological polar surface area (TPSA) is 208 Å². The SMILES string of the molecule is CCCC(NC(=O)[C@@H]1[C@H]2CCC[C@H]2CN1C(=O)[C@@H](NC(=O)[C@H](NC(=O)CCCCc1nn[nH]n1)C(C)C)C(C)C)C(=O)C(=O)N[C@H](C)CC. The number of amides is 5. The molecule has 2 heterocycles. The number of unbranched alkanes of at least 4 members (excludes halogenated alkanes) is 1. The summed E-state index contributed by atoms with van der Waals surface area (Å²) >= 11 is 0. The van der Waals surface area contributed by atoms with Crippen LogP contribution in [0.4, 0.5) is 0 Å². The van der Waals surface area contributed by atoms with Crippen molar-refractivity contribution < 1.29 is 28.8 Å². The fraction of sp³-hybridized carbons (Fsp3) is 0.794. The van der Waals surface area contributed by atoms with Crippen molar-refractivity contribution in [2.45, 2.75) is 143 Å². The fourth-order valence-electron chi connectivity index (χ4n) is 6.81. The van der Waals surface area contributed by atoms with E-state index in [-0.39, 0.29) is 47.9 Å². The van der Waals surface area contributed by atoms with Gasteiger partial charge in [-0.2, -0.15) is 5.21 Å². The van der Waals surface area contributed by atoms with Crippen molar-refractivity contribution in [3.05, 3.63) is 5.82 Å². The Labute approximate surface area is 289 Å². The smallest absolute Gasteiger partial charge is 0.289 e. The molecule has 5 amide bonds. The summed E-state index contributed by atoms with van der Waals surface area (Å²) in [6.45, 7) is 13.3. The standard InChI is InChI=1S/C34H57N9O6/c1-8-13-24(30(45)33(48)35-21(7)9-2)36-32(47)29-23-15-12-14-22(23)18-43(29)34(49)28(20(5)6)38-31(46)27(19(3)4)37-26(44)17-11-10-16-25-39-41-42-40-25/h19-24,27-29H,8-18H2,1-7H3,(H,35,48)(H,36,47)(H,37,44)(H,38,46)(H,39,40,41,42)/t21-,22+,23+,24?,27-,28+,29+/m1/s1. The highest BCUT2D eigenvalue weighted by molar-refractivity contribution is 6.38. The van der Waals surface area contributed by atoms with Crippen molar-refractivity contribution in [1.82, 2.24) is 46.8 Å². The molecule has 1 unspecified atom stereocenters. The van der Waals surface area contributed by atoms with Gasteiger partial charge in [0.05, 0.1) is 6.04 Å². The Hall–Kier alpha value is -3.91. The van der Waals surface area contributed by atoms with Gasteiger partial charge < -0.3 is 26.2 Å². The van der Waals surface area contributed by atoms with Gasteiger partial charge in [0.1, 0.15) is 18.1 Å². The third-order valence-electron chi connectivity index (χ3n) is 9.81. The molecule has 49 heavy (non-hydrogen) atoms. The van der Waals surface area contributed by atoms with Crippen molar-refractivity contribution in [2.24, 2.45) is 23.7 Å². The van der Waals surface area contributed by atoms with Crippen LogP contribution in [0.1, 0.15) is 112 Å². The van der Waals surface area contributed by atoms with E-state index in [9.17, 15) is 28.8 Å². The number of hydrogen-bond donors (Lipinski definition) is 5. The van der Waals surface area contributed by atoms with Gasteiger partial charge in [0.2, 0.25) is 29.4 Å². The summed E-state index contributed by atoms with van der Waals surface area (Å²) in [5.74, 6) is -2.94. The molecular formula is C34H57N9O6. The molecule has 1 saturated heterocycles. The molecule has 3 rings (SSSR count). The minimum absolute atomic E-state index is 0.0819. The molecule has 2 aliphatic rings. The van der Waals surface area contributed by atoms with Crippen LogP contribution in [0.15, 0.2) is 0 Å². The maximum Gasteiger partial charge on any atom is 0.289 e. The number of tetrazole rings is 1. The van der Waals surface area contributed by atoms with E-state index >= 15 is 0 Å². The lowest BCUT2D eigenvalue weighted by Gasteiger charge is -2.34. The Morgan fingerprint density at radius 3 is 2.22 bits per heavy atom. The summed E-state index contributed by atoms with van der Waals surface area (Å²) in [5, 5.41) is 25.0. The van der Waals surface area contributed by atoms with Crippen LogP contribution in [-0.4, -0.2) is 97.6 Å². The van der Waals surface area contributed by atoms with Crippen molar-refractivity contribution in [3.8, 4) is 0 Å². The number of nitrogens with one attached hydrogen (secondary N) is 5. The molecule has 15 nitrogen and oxygen atoms in total. The van der Waals surface area contributed by atoms with Gasteiger partial charge in [0.15, 0.2) is 5.82 Å². The zero-order chi connectivity index (χ0) is 36.2. The first-order valence-electron chi connectivity index (χ1n) is 18.1. The molecule has 2 fully saturated rings. The number of hydrogen-bond acceptors (Lipinski definition) is 9. The highest BCUT2D eigenvalue weighted by atomic mass is 16.2. The first-order chi connectivity index (χ1) is 23.3.